The van der Waals surface area contributed by atoms with Crippen LogP contribution in [0.2, 0.25) is 0 Å². The zero-order chi connectivity index (χ0) is 7.72. The molecule has 0 saturated carbocycles. The molecule has 1 rings (SSSR count). The molecule has 0 nitrogen and oxygen atoms in total. The fourth-order valence-electron chi connectivity index (χ4n) is 0.773. The van der Waals surface area contributed by atoms with Crippen LogP contribution in [0.15, 0.2) is 21.5 Å². The number of benzene rings is 1. The molecule has 0 unspecified atom stereocenters. The monoisotopic (exact) mass is 216 g/mol. The first kappa shape index (κ1) is 8.15. The largest absolute Gasteiger partial charge is 0.143 e. The third-order valence-electron chi connectivity index (χ3n) is 1.69. The van der Waals surface area contributed by atoms with E-state index in [1.54, 1.807) is 0 Å². The number of thiol groups is 1. The molecule has 0 amide bonds. The molecule has 54 valence electrons. The molecule has 1 aromatic carbocycles. The molecule has 0 aliphatic rings. The van der Waals surface area contributed by atoms with Crippen molar-refractivity contribution in [2.24, 2.45) is 0 Å². The summed E-state index contributed by atoms with van der Waals surface area (Å²) in [5, 5.41) is 0. The molecule has 0 aliphatic heterocycles. The molecule has 0 aromatic heterocycles. The van der Waals surface area contributed by atoms with E-state index in [1.807, 2.05) is 12.1 Å². The minimum atomic E-state index is 1.06. The summed E-state index contributed by atoms with van der Waals surface area (Å²) in [7, 11) is 0. The second-order valence-corrected chi connectivity index (χ2v) is 3.65. The summed E-state index contributed by atoms with van der Waals surface area (Å²) in [5.74, 6) is 0. The van der Waals surface area contributed by atoms with E-state index in [0.29, 0.717) is 0 Å². The van der Waals surface area contributed by atoms with Crippen LogP contribution in [0.1, 0.15) is 11.1 Å². The second kappa shape index (κ2) is 2.97. The number of hydrogen-bond donors (Lipinski definition) is 1. The average Bonchev–Trinajstić information content (AvgIpc) is 1.93. The molecule has 0 saturated heterocycles. The summed E-state index contributed by atoms with van der Waals surface area (Å²) in [5.41, 5.74) is 2.52. The summed E-state index contributed by atoms with van der Waals surface area (Å²) in [6.45, 7) is 4.15. The highest BCUT2D eigenvalue weighted by molar-refractivity contribution is 9.10. The maximum atomic E-state index is 4.29. The normalized spacial score (nSPS) is 10.0. The van der Waals surface area contributed by atoms with Gasteiger partial charge in [0.1, 0.15) is 0 Å². The van der Waals surface area contributed by atoms with Crippen LogP contribution in [-0.4, -0.2) is 0 Å². The van der Waals surface area contributed by atoms with Crippen LogP contribution in [-0.2, 0) is 0 Å². The number of hydrogen-bond acceptors (Lipinski definition) is 1. The molecule has 0 spiro atoms. The van der Waals surface area contributed by atoms with Gasteiger partial charge in [-0.05, 0) is 37.1 Å². The third kappa shape index (κ3) is 1.38. The van der Waals surface area contributed by atoms with Crippen LogP contribution in [0.5, 0.6) is 0 Å². The summed E-state index contributed by atoms with van der Waals surface area (Å²) < 4.78 is 1.16. The van der Waals surface area contributed by atoms with Crippen molar-refractivity contribution in [2.75, 3.05) is 0 Å². The first-order valence-electron chi connectivity index (χ1n) is 3.07. The van der Waals surface area contributed by atoms with E-state index in [1.165, 1.54) is 11.1 Å². The standard InChI is InChI=1S/C8H9BrS/c1-5-6(2)8(10)4-3-7(5)9/h3-4,10H,1-2H3. The predicted molar refractivity (Wildman–Crippen MR) is 50.9 cm³/mol. The van der Waals surface area contributed by atoms with Crippen molar-refractivity contribution >= 4 is 28.6 Å². The van der Waals surface area contributed by atoms with Gasteiger partial charge in [0.15, 0.2) is 0 Å². The highest BCUT2D eigenvalue weighted by Crippen LogP contribution is 2.23. The smallest absolute Gasteiger partial charge is 0.0207 e. The SMILES string of the molecule is Cc1c(S)ccc(Br)c1C. The fraction of sp³-hybridized carbons (Fsp3) is 0.250. The molecule has 2 heteroatoms. The highest BCUT2D eigenvalue weighted by atomic mass is 79.9. The van der Waals surface area contributed by atoms with Crippen molar-refractivity contribution in [1.82, 2.24) is 0 Å². The molecule has 0 atom stereocenters. The Bertz CT molecular complexity index is 229. The first-order valence-corrected chi connectivity index (χ1v) is 4.31. The van der Waals surface area contributed by atoms with Gasteiger partial charge in [-0.25, -0.2) is 0 Å². The summed E-state index contributed by atoms with van der Waals surface area (Å²) >= 11 is 7.74. The van der Waals surface area contributed by atoms with E-state index < -0.39 is 0 Å². The first-order chi connectivity index (χ1) is 4.63. The van der Waals surface area contributed by atoms with E-state index in [2.05, 4.69) is 42.4 Å². The van der Waals surface area contributed by atoms with Crippen LogP contribution in [0.4, 0.5) is 0 Å². The van der Waals surface area contributed by atoms with Crippen molar-refractivity contribution in [3.05, 3.63) is 27.7 Å². The van der Waals surface area contributed by atoms with Gasteiger partial charge in [0.25, 0.3) is 0 Å². The summed E-state index contributed by atoms with van der Waals surface area (Å²) in [6, 6.07) is 4.01. The van der Waals surface area contributed by atoms with Crippen molar-refractivity contribution in [1.29, 1.82) is 0 Å². The lowest BCUT2D eigenvalue weighted by molar-refractivity contribution is 1.22. The van der Waals surface area contributed by atoms with E-state index in [-0.39, 0.29) is 0 Å². The zero-order valence-corrected chi connectivity index (χ0v) is 8.46. The molecule has 0 heterocycles. The molecule has 0 bridgehead atoms. The van der Waals surface area contributed by atoms with Crippen LogP contribution in [0.3, 0.4) is 0 Å². The van der Waals surface area contributed by atoms with Crippen LogP contribution in [0, 0.1) is 13.8 Å². The predicted octanol–water partition coefficient (Wildman–Crippen LogP) is 3.35. The molecule has 0 N–H and O–H groups in total. The third-order valence-corrected chi connectivity index (χ3v) is 3.04. The van der Waals surface area contributed by atoms with Gasteiger partial charge in [0.2, 0.25) is 0 Å². The van der Waals surface area contributed by atoms with E-state index >= 15 is 0 Å². The number of halogens is 1. The van der Waals surface area contributed by atoms with Crippen molar-refractivity contribution in [3.8, 4) is 0 Å². The van der Waals surface area contributed by atoms with Gasteiger partial charge in [-0.2, -0.15) is 0 Å². The Morgan fingerprint density at radius 1 is 1.20 bits per heavy atom. The maximum Gasteiger partial charge on any atom is 0.0207 e. The van der Waals surface area contributed by atoms with Gasteiger partial charge >= 0.3 is 0 Å². The molecule has 10 heavy (non-hydrogen) atoms. The average molecular weight is 217 g/mol. The minimum Gasteiger partial charge on any atom is -0.143 e. The van der Waals surface area contributed by atoms with E-state index in [4.69, 9.17) is 0 Å². The second-order valence-electron chi connectivity index (χ2n) is 2.32. The van der Waals surface area contributed by atoms with E-state index in [0.717, 1.165) is 9.37 Å². The van der Waals surface area contributed by atoms with Gasteiger partial charge < -0.3 is 0 Å². The van der Waals surface area contributed by atoms with Crippen LogP contribution < -0.4 is 0 Å². The highest BCUT2D eigenvalue weighted by Gasteiger charge is 1.99. The van der Waals surface area contributed by atoms with Gasteiger partial charge in [-0.15, -0.1) is 12.6 Å². The van der Waals surface area contributed by atoms with Gasteiger partial charge in [0.05, 0.1) is 0 Å². The maximum absolute atomic E-state index is 4.29. The van der Waals surface area contributed by atoms with Crippen molar-refractivity contribution in [3.63, 3.8) is 0 Å². The Kier molecular flexibility index (Phi) is 2.42. The molecule has 0 radical (unpaired) electrons. The Hall–Kier alpha value is 0.0500. The zero-order valence-electron chi connectivity index (χ0n) is 5.98. The minimum absolute atomic E-state index is 1.06. The molecule has 1 aromatic rings. The Labute approximate surface area is 75.2 Å². The number of rotatable bonds is 0. The molecular formula is C8H9BrS. The van der Waals surface area contributed by atoms with Crippen molar-refractivity contribution < 1.29 is 0 Å². The Morgan fingerprint density at radius 3 is 2.30 bits per heavy atom. The summed E-state index contributed by atoms with van der Waals surface area (Å²) in [6.07, 6.45) is 0. The van der Waals surface area contributed by atoms with Gasteiger partial charge in [-0.3, -0.25) is 0 Å². The topological polar surface area (TPSA) is 0 Å². The van der Waals surface area contributed by atoms with Crippen LogP contribution in [0.25, 0.3) is 0 Å². The lowest BCUT2D eigenvalue weighted by Crippen LogP contribution is -1.83. The van der Waals surface area contributed by atoms with E-state index in [9.17, 15) is 0 Å². The van der Waals surface area contributed by atoms with Crippen LogP contribution >= 0.6 is 28.6 Å². The fourth-order valence-corrected chi connectivity index (χ4v) is 1.45. The Balaban J connectivity index is 3.34. The lowest BCUT2D eigenvalue weighted by atomic mass is 10.1. The lowest BCUT2D eigenvalue weighted by Gasteiger charge is -2.04. The molecular weight excluding hydrogens is 208 g/mol. The van der Waals surface area contributed by atoms with Gasteiger partial charge in [0, 0.05) is 9.37 Å². The molecule has 0 aliphatic carbocycles. The summed E-state index contributed by atoms with van der Waals surface area (Å²) in [4.78, 5) is 1.06. The van der Waals surface area contributed by atoms with Gasteiger partial charge in [-0.1, -0.05) is 15.9 Å². The molecule has 0 fully saturated rings. The van der Waals surface area contributed by atoms with Crippen molar-refractivity contribution in [2.45, 2.75) is 18.7 Å². The Morgan fingerprint density at radius 2 is 1.80 bits per heavy atom. The quantitative estimate of drug-likeness (QED) is 0.633.